The van der Waals surface area contributed by atoms with E-state index in [9.17, 15) is 19.8 Å². The van der Waals surface area contributed by atoms with E-state index in [1.54, 1.807) is 26.0 Å². The molecule has 0 spiro atoms. The van der Waals surface area contributed by atoms with Crippen LogP contribution in [-0.2, 0) is 4.79 Å². The van der Waals surface area contributed by atoms with E-state index in [1.807, 2.05) is 6.92 Å². The lowest BCUT2D eigenvalue weighted by atomic mass is 9.99. The van der Waals surface area contributed by atoms with Crippen LogP contribution < -0.4 is 10.2 Å². The fourth-order valence-electron chi connectivity index (χ4n) is 2.00. The van der Waals surface area contributed by atoms with Crippen LogP contribution in [0.15, 0.2) is 24.3 Å². The number of phenolic OH excluding ortho intramolecular Hbond substituents is 1. The van der Waals surface area contributed by atoms with E-state index in [0.717, 1.165) is 0 Å². The molecule has 6 heteroatoms. The number of rotatable bonds is 6. The third kappa shape index (κ3) is 4.37. The number of nitrogens with zero attached hydrogens (tertiary/aromatic N) is 1. The van der Waals surface area contributed by atoms with E-state index < -0.39 is 18.0 Å². The van der Waals surface area contributed by atoms with E-state index in [2.05, 4.69) is 5.32 Å². The Morgan fingerprint density at radius 1 is 1.33 bits per heavy atom. The van der Waals surface area contributed by atoms with Crippen molar-refractivity contribution in [3.63, 3.8) is 0 Å². The predicted molar refractivity (Wildman–Crippen MR) is 80.5 cm³/mol. The van der Waals surface area contributed by atoms with Gasteiger partial charge in [0.25, 0.3) is 0 Å². The summed E-state index contributed by atoms with van der Waals surface area (Å²) in [6.45, 7) is 5.80. The summed E-state index contributed by atoms with van der Waals surface area (Å²) in [6.07, 6.45) is 0.648. The number of urea groups is 1. The SMILES string of the molecule is CCC(C)[C@H](NC(=O)N(CC)c1cccc(O)c1)C(=O)O. The average Bonchev–Trinajstić information content (AvgIpc) is 2.44. The number of hydrogen-bond acceptors (Lipinski definition) is 3. The van der Waals surface area contributed by atoms with Gasteiger partial charge in [-0.2, -0.15) is 0 Å². The van der Waals surface area contributed by atoms with Crippen molar-refractivity contribution >= 4 is 17.7 Å². The van der Waals surface area contributed by atoms with Gasteiger partial charge in [-0.05, 0) is 25.0 Å². The molecule has 3 N–H and O–H groups in total. The molecule has 0 fully saturated rings. The zero-order valence-corrected chi connectivity index (χ0v) is 12.5. The maximum absolute atomic E-state index is 12.3. The van der Waals surface area contributed by atoms with Crippen LogP contribution in [0.3, 0.4) is 0 Å². The lowest BCUT2D eigenvalue weighted by Crippen LogP contribution is -2.50. The third-order valence-corrected chi connectivity index (χ3v) is 3.46. The maximum atomic E-state index is 12.3. The van der Waals surface area contributed by atoms with Crippen molar-refractivity contribution in [1.29, 1.82) is 0 Å². The van der Waals surface area contributed by atoms with Crippen LogP contribution in [0.2, 0.25) is 0 Å². The number of carbonyl (C=O) groups excluding carboxylic acids is 1. The minimum atomic E-state index is -1.05. The Morgan fingerprint density at radius 2 is 2.00 bits per heavy atom. The van der Waals surface area contributed by atoms with Gasteiger partial charge in [0, 0.05) is 18.3 Å². The number of carbonyl (C=O) groups is 2. The molecule has 1 unspecified atom stereocenters. The molecular formula is C15H22N2O4. The predicted octanol–water partition coefficient (Wildman–Crippen LogP) is 2.43. The van der Waals surface area contributed by atoms with Crippen molar-refractivity contribution in [2.45, 2.75) is 33.2 Å². The Balaban J connectivity index is 2.91. The van der Waals surface area contributed by atoms with Crippen LogP contribution in [0.5, 0.6) is 5.75 Å². The van der Waals surface area contributed by atoms with Gasteiger partial charge >= 0.3 is 12.0 Å². The fourth-order valence-corrected chi connectivity index (χ4v) is 2.00. The first-order chi connectivity index (χ1) is 9.90. The summed E-state index contributed by atoms with van der Waals surface area (Å²) in [6, 6.07) is 4.85. The van der Waals surface area contributed by atoms with Gasteiger partial charge < -0.3 is 15.5 Å². The monoisotopic (exact) mass is 294 g/mol. The van der Waals surface area contributed by atoms with Gasteiger partial charge in [0.2, 0.25) is 0 Å². The summed E-state index contributed by atoms with van der Waals surface area (Å²) in [4.78, 5) is 24.9. The molecule has 0 aliphatic rings. The molecule has 2 atom stereocenters. The van der Waals surface area contributed by atoms with Crippen molar-refractivity contribution in [3.8, 4) is 5.75 Å². The average molecular weight is 294 g/mol. The van der Waals surface area contributed by atoms with E-state index in [1.165, 1.54) is 17.0 Å². The summed E-state index contributed by atoms with van der Waals surface area (Å²) in [5, 5.41) is 21.2. The highest BCUT2D eigenvalue weighted by Gasteiger charge is 2.27. The number of nitrogens with one attached hydrogen (secondary N) is 1. The van der Waals surface area contributed by atoms with Crippen molar-refractivity contribution in [3.05, 3.63) is 24.3 Å². The Morgan fingerprint density at radius 3 is 2.48 bits per heavy atom. The Labute approximate surface area is 124 Å². The summed E-state index contributed by atoms with van der Waals surface area (Å²) in [5.41, 5.74) is 0.517. The second-order valence-corrected chi connectivity index (χ2v) is 4.92. The smallest absolute Gasteiger partial charge is 0.326 e. The number of hydrogen-bond donors (Lipinski definition) is 3. The zero-order valence-electron chi connectivity index (χ0n) is 12.5. The molecule has 0 aliphatic heterocycles. The van der Waals surface area contributed by atoms with Crippen molar-refractivity contribution in [2.75, 3.05) is 11.4 Å². The van der Waals surface area contributed by atoms with E-state index in [4.69, 9.17) is 0 Å². The van der Waals surface area contributed by atoms with Crippen LogP contribution in [0.25, 0.3) is 0 Å². The normalized spacial score (nSPS) is 13.3. The number of phenols is 1. The highest BCUT2D eigenvalue weighted by Crippen LogP contribution is 2.20. The molecule has 0 bridgehead atoms. The lowest BCUT2D eigenvalue weighted by molar-refractivity contribution is -0.140. The van der Waals surface area contributed by atoms with Crippen LogP contribution in [0.4, 0.5) is 10.5 Å². The lowest BCUT2D eigenvalue weighted by Gasteiger charge is -2.26. The molecular weight excluding hydrogens is 272 g/mol. The molecule has 116 valence electrons. The highest BCUT2D eigenvalue weighted by molar-refractivity contribution is 5.94. The molecule has 1 rings (SSSR count). The van der Waals surface area contributed by atoms with Crippen LogP contribution in [0, 0.1) is 5.92 Å². The van der Waals surface area contributed by atoms with Crippen molar-refractivity contribution < 1.29 is 19.8 Å². The Hall–Kier alpha value is -2.24. The number of anilines is 1. The molecule has 0 saturated carbocycles. The zero-order chi connectivity index (χ0) is 16.0. The second-order valence-electron chi connectivity index (χ2n) is 4.92. The molecule has 1 aromatic rings. The number of benzene rings is 1. The van der Waals surface area contributed by atoms with Crippen LogP contribution >= 0.6 is 0 Å². The largest absolute Gasteiger partial charge is 0.508 e. The topological polar surface area (TPSA) is 89.9 Å². The number of carboxylic acid groups (broad SMARTS) is 1. The minimum absolute atomic E-state index is 0.0514. The van der Waals surface area contributed by atoms with Crippen LogP contribution in [-0.4, -0.2) is 34.8 Å². The number of amides is 2. The number of carboxylic acids is 1. The van der Waals surface area contributed by atoms with Gasteiger partial charge in [-0.25, -0.2) is 9.59 Å². The first kappa shape index (κ1) is 16.8. The molecule has 0 saturated heterocycles. The highest BCUT2D eigenvalue weighted by atomic mass is 16.4. The van der Waals surface area contributed by atoms with Gasteiger partial charge in [0.15, 0.2) is 0 Å². The quantitative estimate of drug-likeness (QED) is 0.751. The number of aromatic hydroxyl groups is 1. The van der Waals surface area contributed by atoms with Crippen LogP contribution in [0.1, 0.15) is 27.2 Å². The fraction of sp³-hybridized carbons (Fsp3) is 0.467. The standard InChI is InChI=1S/C15H22N2O4/c1-4-10(3)13(14(19)20)16-15(21)17(5-2)11-7-6-8-12(18)9-11/h6-10,13,18H,4-5H2,1-3H3,(H,16,21)(H,19,20)/t10?,13-/m0/s1. The van der Waals surface area contributed by atoms with Gasteiger partial charge in [-0.1, -0.05) is 26.3 Å². The molecule has 0 aliphatic carbocycles. The summed E-state index contributed by atoms with van der Waals surface area (Å²) < 4.78 is 0. The van der Waals surface area contributed by atoms with E-state index in [-0.39, 0.29) is 11.7 Å². The summed E-state index contributed by atoms with van der Waals surface area (Å²) in [5.74, 6) is -1.17. The van der Waals surface area contributed by atoms with Crippen molar-refractivity contribution in [1.82, 2.24) is 5.32 Å². The summed E-state index contributed by atoms with van der Waals surface area (Å²) in [7, 11) is 0. The van der Waals surface area contributed by atoms with Gasteiger partial charge in [0.1, 0.15) is 11.8 Å². The van der Waals surface area contributed by atoms with E-state index >= 15 is 0 Å². The van der Waals surface area contributed by atoms with Gasteiger partial charge in [-0.3, -0.25) is 4.90 Å². The second kappa shape index (κ2) is 7.52. The summed E-state index contributed by atoms with van der Waals surface area (Å²) >= 11 is 0. The number of aliphatic carboxylic acids is 1. The van der Waals surface area contributed by atoms with Gasteiger partial charge in [-0.15, -0.1) is 0 Å². The van der Waals surface area contributed by atoms with E-state index in [0.29, 0.717) is 18.7 Å². The van der Waals surface area contributed by atoms with Crippen molar-refractivity contribution in [2.24, 2.45) is 5.92 Å². The molecule has 0 radical (unpaired) electrons. The molecule has 0 aromatic heterocycles. The Bertz CT molecular complexity index is 504. The van der Waals surface area contributed by atoms with Gasteiger partial charge in [0.05, 0.1) is 0 Å². The molecule has 2 amide bonds. The third-order valence-electron chi connectivity index (χ3n) is 3.46. The first-order valence-electron chi connectivity index (χ1n) is 7.00. The first-order valence-corrected chi connectivity index (χ1v) is 7.00. The maximum Gasteiger partial charge on any atom is 0.326 e. The molecule has 0 heterocycles. The molecule has 1 aromatic carbocycles. The molecule has 21 heavy (non-hydrogen) atoms. The minimum Gasteiger partial charge on any atom is -0.508 e. The molecule has 6 nitrogen and oxygen atoms in total. The Kier molecular flexibility index (Phi) is 6.02.